The van der Waals surface area contributed by atoms with E-state index in [4.69, 9.17) is 18.9 Å². The number of quaternary nitrogens is 2. The molecule has 0 aromatic carbocycles. The number of hydrogen-bond donors (Lipinski definition) is 0. The molecule has 6 heteroatoms. The molecule has 0 unspecified atom stereocenters. The molecule has 0 spiro atoms. The Morgan fingerprint density at radius 2 is 0.588 bits per heavy atom. The van der Waals surface area contributed by atoms with Crippen LogP contribution in [-0.2, 0) is 18.9 Å². The molecular weight excluding hydrogens is 633 g/mol. The summed E-state index contributed by atoms with van der Waals surface area (Å²) in [6.07, 6.45) is 34.0. The lowest BCUT2D eigenvalue weighted by atomic mass is 9.84. The van der Waals surface area contributed by atoms with Gasteiger partial charge in [-0.25, -0.2) is 0 Å². The molecule has 0 N–H and O–H groups in total. The van der Waals surface area contributed by atoms with Gasteiger partial charge in [0, 0.05) is 38.1 Å². The minimum atomic E-state index is -0.0602. The van der Waals surface area contributed by atoms with E-state index in [1.807, 2.05) is 0 Å². The van der Waals surface area contributed by atoms with Crippen molar-refractivity contribution in [1.82, 2.24) is 0 Å². The van der Waals surface area contributed by atoms with Gasteiger partial charge in [0.15, 0.2) is 0 Å². The van der Waals surface area contributed by atoms with Gasteiger partial charge in [-0.1, -0.05) is 142 Å². The van der Waals surface area contributed by atoms with E-state index in [1.54, 1.807) is 0 Å². The number of unbranched alkanes of at least 4 members (excludes halogenated alkanes) is 20. The van der Waals surface area contributed by atoms with Gasteiger partial charge in [0.05, 0.1) is 88.4 Å². The third-order valence-electron chi connectivity index (χ3n) is 10.2. The predicted molar refractivity (Wildman–Crippen MR) is 223 cm³/mol. The lowest BCUT2D eigenvalue weighted by Gasteiger charge is -2.34. The fraction of sp³-hybridized carbons (Fsp3) is 1.00. The second kappa shape index (κ2) is 35.5. The minimum Gasteiger partial charge on any atom is -0.381 e. The molecule has 51 heavy (non-hydrogen) atoms. The highest BCUT2D eigenvalue weighted by Gasteiger charge is 2.31. The van der Waals surface area contributed by atoms with Crippen molar-refractivity contribution in [3.63, 3.8) is 0 Å². The number of hydrogen-bond acceptors (Lipinski definition) is 4. The highest BCUT2D eigenvalue weighted by molar-refractivity contribution is 4.80. The zero-order valence-electron chi connectivity index (χ0n) is 36.5. The van der Waals surface area contributed by atoms with Crippen LogP contribution in [0.5, 0.6) is 0 Å². The molecule has 0 aliphatic rings. The van der Waals surface area contributed by atoms with Gasteiger partial charge in [-0.3, -0.25) is 0 Å². The Morgan fingerprint density at radius 3 is 0.922 bits per heavy atom. The summed E-state index contributed by atoms with van der Waals surface area (Å²) in [7, 11) is 13.6. The normalized spacial score (nSPS) is 12.7. The van der Waals surface area contributed by atoms with Crippen molar-refractivity contribution in [3.8, 4) is 0 Å². The summed E-state index contributed by atoms with van der Waals surface area (Å²) in [6, 6.07) is 0. The molecule has 0 heterocycles. The third-order valence-corrected chi connectivity index (χ3v) is 10.2. The first kappa shape index (κ1) is 50.8. The van der Waals surface area contributed by atoms with Crippen molar-refractivity contribution in [3.05, 3.63) is 0 Å². The molecule has 0 bridgehead atoms. The van der Waals surface area contributed by atoms with E-state index in [-0.39, 0.29) is 5.41 Å². The monoisotopic (exact) mass is 729 g/mol. The Balaban J connectivity index is 4.75. The molecule has 0 saturated carbocycles. The highest BCUT2D eigenvalue weighted by atomic mass is 16.5. The fourth-order valence-corrected chi connectivity index (χ4v) is 6.86. The minimum absolute atomic E-state index is 0.0602. The molecule has 0 aliphatic heterocycles. The van der Waals surface area contributed by atoms with Gasteiger partial charge < -0.3 is 27.9 Å². The first-order chi connectivity index (χ1) is 24.5. The highest BCUT2D eigenvalue weighted by Crippen LogP contribution is 2.28. The van der Waals surface area contributed by atoms with Crippen LogP contribution in [0.15, 0.2) is 0 Å². The van der Waals surface area contributed by atoms with Crippen LogP contribution in [0.3, 0.4) is 0 Å². The lowest BCUT2D eigenvalue weighted by molar-refractivity contribution is -0.870. The smallest absolute Gasteiger partial charge is 0.0802 e. The molecular formula is C45H96N2O4+2. The van der Waals surface area contributed by atoms with E-state index >= 15 is 0 Å². The maximum absolute atomic E-state index is 6.50. The molecule has 0 aromatic heterocycles. The summed E-state index contributed by atoms with van der Waals surface area (Å²) < 4.78 is 27.3. The average molecular weight is 729 g/mol. The van der Waals surface area contributed by atoms with Crippen molar-refractivity contribution < 1.29 is 27.9 Å². The van der Waals surface area contributed by atoms with E-state index in [2.05, 4.69) is 56.1 Å². The second-order valence-corrected chi connectivity index (χ2v) is 18.2. The second-order valence-electron chi connectivity index (χ2n) is 18.2. The first-order valence-corrected chi connectivity index (χ1v) is 22.5. The van der Waals surface area contributed by atoms with Crippen LogP contribution in [0.25, 0.3) is 0 Å². The zero-order valence-corrected chi connectivity index (χ0v) is 36.5. The summed E-state index contributed by atoms with van der Waals surface area (Å²) in [5.74, 6) is 0. The summed E-state index contributed by atoms with van der Waals surface area (Å²) >= 11 is 0. The van der Waals surface area contributed by atoms with Crippen LogP contribution < -0.4 is 0 Å². The Bertz CT molecular complexity index is 633. The molecule has 0 radical (unpaired) electrons. The topological polar surface area (TPSA) is 36.9 Å². The number of rotatable bonds is 42. The molecule has 0 amide bonds. The Morgan fingerprint density at radius 1 is 0.314 bits per heavy atom. The van der Waals surface area contributed by atoms with Crippen molar-refractivity contribution in [2.24, 2.45) is 5.41 Å². The predicted octanol–water partition coefficient (Wildman–Crippen LogP) is 11.6. The Kier molecular flexibility index (Phi) is 35.3. The molecule has 0 rings (SSSR count). The first-order valence-electron chi connectivity index (χ1n) is 22.5. The number of nitrogens with zero attached hydrogens (tertiary/aromatic N) is 2. The third kappa shape index (κ3) is 39.3. The number of ether oxygens (including phenoxy) is 4. The van der Waals surface area contributed by atoms with Crippen molar-refractivity contribution >= 4 is 0 Å². The van der Waals surface area contributed by atoms with E-state index in [0.717, 1.165) is 94.2 Å². The lowest BCUT2D eigenvalue weighted by Crippen LogP contribution is -2.39. The van der Waals surface area contributed by atoms with Gasteiger partial charge in [-0.2, -0.15) is 0 Å². The van der Waals surface area contributed by atoms with Crippen molar-refractivity contribution in [1.29, 1.82) is 0 Å². The van der Waals surface area contributed by atoms with E-state index in [0.29, 0.717) is 0 Å². The van der Waals surface area contributed by atoms with Gasteiger partial charge in [0.25, 0.3) is 0 Å². The summed E-state index contributed by atoms with van der Waals surface area (Å²) in [5, 5.41) is 0. The van der Waals surface area contributed by atoms with Gasteiger partial charge in [-0.15, -0.1) is 0 Å². The Hall–Kier alpha value is -0.240. The molecule has 308 valence electrons. The molecule has 0 atom stereocenters. The van der Waals surface area contributed by atoms with E-state index < -0.39 is 0 Å². The maximum atomic E-state index is 6.50. The summed E-state index contributed by atoms with van der Waals surface area (Å²) in [4.78, 5) is 0. The maximum Gasteiger partial charge on any atom is 0.0802 e. The zero-order chi connectivity index (χ0) is 37.8. The van der Waals surface area contributed by atoms with Crippen LogP contribution >= 0.6 is 0 Å². The SMILES string of the molecule is CCCCCCCCCCCCCCOCC(CCCCCCCCOCCCCCCC)(COCCC[N+](C)(C)C)COCCC[N+](C)(C)C. The van der Waals surface area contributed by atoms with E-state index in [1.165, 1.54) is 148 Å². The summed E-state index contributed by atoms with van der Waals surface area (Å²) in [5.41, 5.74) is -0.0602. The van der Waals surface area contributed by atoms with Crippen LogP contribution in [0.2, 0.25) is 0 Å². The van der Waals surface area contributed by atoms with Crippen LogP contribution in [-0.4, -0.2) is 117 Å². The van der Waals surface area contributed by atoms with Crippen molar-refractivity contribution in [2.45, 2.75) is 181 Å². The molecule has 0 aromatic rings. The fourth-order valence-electron chi connectivity index (χ4n) is 6.86. The Labute approximate surface area is 321 Å². The van der Waals surface area contributed by atoms with Crippen LogP contribution in [0.1, 0.15) is 181 Å². The van der Waals surface area contributed by atoms with Crippen LogP contribution in [0.4, 0.5) is 0 Å². The summed E-state index contributed by atoms with van der Waals surface area (Å²) in [6.45, 7) is 13.5. The van der Waals surface area contributed by atoms with Gasteiger partial charge >= 0.3 is 0 Å². The van der Waals surface area contributed by atoms with E-state index in [9.17, 15) is 0 Å². The molecule has 6 nitrogen and oxygen atoms in total. The van der Waals surface area contributed by atoms with Gasteiger partial charge in [0.2, 0.25) is 0 Å². The van der Waals surface area contributed by atoms with Crippen LogP contribution in [0, 0.1) is 5.41 Å². The van der Waals surface area contributed by atoms with Crippen molar-refractivity contribution in [2.75, 3.05) is 108 Å². The molecule has 0 aliphatic carbocycles. The van der Waals surface area contributed by atoms with Gasteiger partial charge in [0.1, 0.15) is 0 Å². The van der Waals surface area contributed by atoms with Gasteiger partial charge in [-0.05, 0) is 25.7 Å². The average Bonchev–Trinajstić information content (AvgIpc) is 3.07. The molecule has 0 fully saturated rings. The standard InChI is InChI=1S/C45H96N2O4/c1-9-11-13-15-16-17-18-19-20-22-27-31-39-49-42-45(43-50-40-32-35-46(3,4)5,44-51-41-33-36-47(6,7)8)34-28-24-21-23-26-30-38-48-37-29-25-14-12-10-2/h9-44H2,1-8H3/q+2. The quantitative estimate of drug-likeness (QED) is 0.0463. The largest absolute Gasteiger partial charge is 0.381 e. The molecule has 0 saturated heterocycles.